The summed E-state index contributed by atoms with van der Waals surface area (Å²) in [5.41, 5.74) is 6.99. The molecule has 0 aliphatic heterocycles. The summed E-state index contributed by atoms with van der Waals surface area (Å²) >= 11 is 0. The third-order valence-corrected chi connectivity index (χ3v) is 5.64. The highest BCUT2D eigenvalue weighted by atomic mass is 32.2. The average molecular weight is 304 g/mol. The Labute approximate surface area is 123 Å². The van der Waals surface area contributed by atoms with E-state index in [9.17, 15) is 8.42 Å². The Bertz CT molecular complexity index is 815. The highest BCUT2D eigenvalue weighted by Crippen LogP contribution is 2.34. The minimum absolute atomic E-state index is 0.0297. The molecule has 1 fully saturated rings. The molecular formula is C14H16N4O2S. The zero-order valence-electron chi connectivity index (χ0n) is 11.4. The summed E-state index contributed by atoms with van der Waals surface area (Å²) in [6.45, 7) is 0.241. The van der Waals surface area contributed by atoms with Crippen molar-refractivity contribution in [3.63, 3.8) is 0 Å². The lowest BCUT2D eigenvalue weighted by Crippen LogP contribution is -2.33. The van der Waals surface area contributed by atoms with Gasteiger partial charge in [0.2, 0.25) is 10.0 Å². The van der Waals surface area contributed by atoms with Gasteiger partial charge in [-0.25, -0.2) is 8.42 Å². The van der Waals surface area contributed by atoms with Gasteiger partial charge in [-0.05, 0) is 31.0 Å². The summed E-state index contributed by atoms with van der Waals surface area (Å²) in [4.78, 5) is 3.21. The number of nitrogens with one attached hydrogen (secondary N) is 1. The van der Waals surface area contributed by atoms with Crippen LogP contribution >= 0.6 is 0 Å². The van der Waals surface area contributed by atoms with E-state index in [4.69, 9.17) is 11.0 Å². The van der Waals surface area contributed by atoms with Crippen LogP contribution in [0.2, 0.25) is 0 Å². The zero-order valence-corrected chi connectivity index (χ0v) is 12.2. The van der Waals surface area contributed by atoms with Crippen LogP contribution < -0.4 is 5.73 Å². The van der Waals surface area contributed by atoms with Gasteiger partial charge >= 0.3 is 0 Å². The Morgan fingerprint density at radius 3 is 2.86 bits per heavy atom. The van der Waals surface area contributed by atoms with Crippen LogP contribution in [0.25, 0.3) is 10.9 Å². The molecule has 1 aromatic heterocycles. The first-order valence-electron chi connectivity index (χ1n) is 6.79. The second-order valence-electron chi connectivity index (χ2n) is 5.21. The Hall–Kier alpha value is -2.04. The van der Waals surface area contributed by atoms with E-state index >= 15 is 0 Å². The third-order valence-electron chi connectivity index (χ3n) is 3.65. The van der Waals surface area contributed by atoms with Gasteiger partial charge in [0, 0.05) is 41.8 Å². The normalized spacial score (nSPS) is 15.4. The number of benzene rings is 1. The number of anilines is 1. The zero-order chi connectivity index (χ0) is 15.0. The molecule has 110 valence electrons. The van der Waals surface area contributed by atoms with Crippen LogP contribution in [0, 0.1) is 11.3 Å². The molecule has 1 heterocycles. The molecule has 0 atom stereocenters. The van der Waals surface area contributed by atoms with Crippen LogP contribution in [0.4, 0.5) is 5.69 Å². The molecule has 0 amide bonds. The molecule has 21 heavy (non-hydrogen) atoms. The standard InChI is InChI=1S/C14H16N4O2S/c15-6-1-7-18(11-3-4-11)21(19,20)14-9-17-13-8-10(16)2-5-12(13)14/h2,5,8-9,11,17H,1,3-4,7,16H2. The molecule has 0 saturated heterocycles. The molecule has 2 aromatic rings. The van der Waals surface area contributed by atoms with E-state index in [2.05, 4.69) is 4.98 Å². The summed E-state index contributed by atoms with van der Waals surface area (Å²) in [7, 11) is -3.60. The summed E-state index contributed by atoms with van der Waals surface area (Å²) in [6, 6.07) is 7.15. The van der Waals surface area contributed by atoms with Crippen LogP contribution in [-0.2, 0) is 10.0 Å². The van der Waals surface area contributed by atoms with Gasteiger partial charge in [0.25, 0.3) is 0 Å². The van der Waals surface area contributed by atoms with Crippen molar-refractivity contribution in [2.24, 2.45) is 0 Å². The summed E-state index contributed by atoms with van der Waals surface area (Å²) in [6.07, 6.45) is 3.42. The molecule has 6 nitrogen and oxygen atoms in total. The van der Waals surface area contributed by atoms with Crippen molar-refractivity contribution in [2.45, 2.75) is 30.2 Å². The Balaban J connectivity index is 2.04. The monoisotopic (exact) mass is 304 g/mol. The van der Waals surface area contributed by atoms with E-state index in [1.807, 2.05) is 6.07 Å². The highest BCUT2D eigenvalue weighted by Gasteiger charge is 2.38. The number of H-pyrrole nitrogens is 1. The number of hydrogen-bond acceptors (Lipinski definition) is 4. The molecule has 3 N–H and O–H groups in total. The number of hydrogen-bond donors (Lipinski definition) is 2. The minimum atomic E-state index is -3.60. The smallest absolute Gasteiger partial charge is 0.245 e. The second-order valence-corrected chi connectivity index (χ2v) is 7.07. The molecular weight excluding hydrogens is 288 g/mol. The average Bonchev–Trinajstić information content (AvgIpc) is 3.17. The quantitative estimate of drug-likeness (QED) is 0.822. The van der Waals surface area contributed by atoms with Crippen LogP contribution in [0.1, 0.15) is 19.3 Å². The van der Waals surface area contributed by atoms with Crippen LogP contribution in [0.15, 0.2) is 29.3 Å². The van der Waals surface area contributed by atoms with Gasteiger partial charge in [-0.15, -0.1) is 0 Å². The van der Waals surface area contributed by atoms with E-state index in [1.54, 1.807) is 18.2 Å². The number of sulfonamides is 1. The third kappa shape index (κ3) is 2.48. The van der Waals surface area contributed by atoms with Crippen molar-refractivity contribution in [3.05, 3.63) is 24.4 Å². The summed E-state index contributed by atoms with van der Waals surface area (Å²) in [5, 5.41) is 9.36. The van der Waals surface area contributed by atoms with Crippen molar-refractivity contribution in [3.8, 4) is 6.07 Å². The van der Waals surface area contributed by atoms with Gasteiger partial charge in [-0.2, -0.15) is 9.57 Å². The minimum Gasteiger partial charge on any atom is -0.399 e. The van der Waals surface area contributed by atoms with E-state index in [1.165, 1.54) is 10.5 Å². The van der Waals surface area contributed by atoms with Crippen LogP contribution in [-0.4, -0.2) is 30.3 Å². The van der Waals surface area contributed by atoms with Crippen molar-refractivity contribution < 1.29 is 8.42 Å². The van der Waals surface area contributed by atoms with Crippen LogP contribution in [0.3, 0.4) is 0 Å². The number of rotatable bonds is 5. The van der Waals surface area contributed by atoms with Gasteiger partial charge < -0.3 is 10.7 Å². The molecule has 0 radical (unpaired) electrons. The van der Waals surface area contributed by atoms with Crippen LogP contribution in [0.5, 0.6) is 0 Å². The molecule has 1 saturated carbocycles. The first-order chi connectivity index (χ1) is 10.0. The topological polar surface area (TPSA) is 103 Å². The van der Waals surface area contributed by atoms with Crippen molar-refractivity contribution in [1.82, 2.24) is 9.29 Å². The molecule has 1 aliphatic rings. The number of aromatic nitrogens is 1. The number of nitrogens with two attached hydrogens (primary N) is 1. The SMILES string of the molecule is N#CCCN(C1CC1)S(=O)(=O)c1c[nH]c2cc(N)ccc12. The Morgan fingerprint density at radius 2 is 2.19 bits per heavy atom. The molecule has 7 heteroatoms. The maximum atomic E-state index is 12.8. The fourth-order valence-electron chi connectivity index (χ4n) is 2.48. The fourth-order valence-corrected chi connectivity index (χ4v) is 4.33. The molecule has 0 bridgehead atoms. The second kappa shape index (κ2) is 5.06. The van der Waals surface area contributed by atoms with E-state index in [0.29, 0.717) is 16.6 Å². The van der Waals surface area contributed by atoms with Gasteiger partial charge in [-0.1, -0.05) is 0 Å². The van der Waals surface area contributed by atoms with Gasteiger partial charge in [0.1, 0.15) is 4.90 Å². The van der Waals surface area contributed by atoms with E-state index in [-0.39, 0.29) is 23.9 Å². The van der Waals surface area contributed by atoms with E-state index in [0.717, 1.165) is 12.8 Å². The van der Waals surface area contributed by atoms with Crippen molar-refractivity contribution >= 4 is 26.6 Å². The lowest BCUT2D eigenvalue weighted by molar-refractivity contribution is 0.411. The molecule has 0 unspecified atom stereocenters. The molecule has 1 aromatic carbocycles. The van der Waals surface area contributed by atoms with Gasteiger partial charge in [0.15, 0.2) is 0 Å². The maximum Gasteiger partial charge on any atom is 0.245 e. The summed E-state index contributed by atoms with van der Waals surface area (Å²) in [5.74, 6) is 0. The van der Waals surface area contributed by atoms with Crippen molar-refractivity contribution in [1.29, 1.82) is 5.26 Å². The largest absolute Gasteiger partial charge is 0.399 e. The maximum absolute atomic E-state index is 12.8. The first kappa shape index (κ1) is 13.9. The fraction of sp³-hybridized carbons (Fsp3) is 0.357. The molecule has 1 aliphatic carbocycles. The van der Waals surface area contributed by atoms with Gasteiger partial charge in [-0.3, -0.25) is 0 Å². The predicted octanol–water partition coefficient (Wildman–Crippen LogP) is 1.82. The number of nitrogens with zero attached hydrogens (tertiary/aromatic N) is 2. The Kier molecular flexibility index (Phi) is 3.35. The predicted molar refractivity (Wildman–Crippen MR) is 79.9 cm³/mol. The molecule has 3 rings (SSSR count). The summed E-state index contributed by atoms with van der Waals surface area (Å²) < 4.78 is 27.1. The molecule has 0 spiro atoms. The lowest BCUT2D eigenvalue weighted by Gasteiger charge is -2.20. The number of nitriles is 1. The number of nitrogen functional groups attached to an aromatic ring is 1. The van der Waals surface area contributed by atoms with E-state index < -0.39 is 10.0 Å². The highest BCUT2D eigenvalue weighted by molar-refractivity contribution is 7.89. The van der Waals surface area contributed by atoms with Crippen molar-refractivity contribution in [2.75, 3.05) is 12.3 Å². The van der Waals surface area contributed by atoms with Gasteiger partial charge in [0.05, 0.1) is 6.07 Å². The Morgan fingerprint density at radius 1 is 1.43 bits per heavy atom. The lowest BCUT2D eigenvalue weighted by atomic mass is 10.2. The number of fused-ring (bicyclic) bond motifs is 1. The first-order valence-corrected chi connectivity index (χ1v) is 8.23. The number of aromatic amines is 1.